The van der Waals surface area contributed by atoms with Gasteiger partial charge in [-0.2, -0.15) is 0 Å². The number of hydrogen-bond donors (Lipinski definition) is 1. The van der Waals surface area contributed by atoms with Gasteiger partial charge in [0.05, 0.1) is 11.5 Å². The average molecular weight is 520 g/mol. The molecule has 1 fully saturated rings. The van der Waals surface area contributed by atoms with Crippen LogP contribution in [0.25, 0.3) is 6.08 Å². The normalized spacial score (nSPS) is 14.6. The van der Waals surface area contributed by atoms with Crippen LogP contribution in [0.5, 0.6) is 11.5 Å². The Kier molecular flexibility index (Phi) is 9.80. The van der Waals surface area contributed by atoms with Crippen LogP contribution in [-0.4, -0.2) is 39.4 Å². The Hall–Kier alpha value is -2.55. The number of benzene rings is 2. The topological polar surface area (TPSA) is 76.1 Å². The molecule has 0 radical (unpaired) electrons. The number of carboxylic acids is 1. The highest BCUT2D eigenvalue weighted by Gasteiger charge is 2.31. The van der Waals surface area contributed by atoms with Gasteiger partial charge in [0.1, 0.15) is 10.9 Å². The number of aliphatic carboxylic acids is 1. The van der Waals surface area contributed by atoms with Crippen LogP contribution in [0.15, 0.2) is 47.4 Å². The molecule has 1 aliphatic rings. The molecule has 34 heavy (non-hydrogen) atoms. The van der Waals surface area contributed by atoms with Gasteiger partial charge in [-0.05, 0) is 61.2 Å². The standard InChI is InChI=1S/C25H26ClNO5S2/c1-2-31-21-14-18(9-12-20(21)32-16-17-7-10-19(26)11-8-17)15-22-24(30)27(25(33)34-22)13-5-3-4-6-23(28)29/h7-12,14-15H,2-6,13,16H2,1H3,(H,28,29)/b22-15-. The van der Waals surface area contributed by atoms with E-state index in [1.807, 2.05) is 49.4 Å². The number of rotatable bonds is 12. The molecule has 0 saturated carbocycles. The summed E-state index contributed by atoms with van der Waals surface area (Å²) in [6.07, 6.45) is 3.97. The summed E-state index contributed by atoms with van der Waals surface area (Å²) in [6, 6.07) is 13.0. The van der Waals surface area contributed by atoms with Gasteiger partial charge in [0.15, 0.2) is 11.5 Å². The monoisotopic (exact) mass is 519 g/mol. The van der Waals surface area contributed by atoms with Crippen molar-refractivity contribution in [1.82, 2.24) is 4.90 Å². The molecule has 0 unspecified atom stereocenters. The summed E-state index contributed by atoms with van der Waals surface area (Å²) in [5.74, 6) is 0.276. The van der Waals surface area contributed by atoms with Gasteiger partial charge in [0, 0.05) is 18.0 Å². The SMILES string of the molecule is CCOc1cc(/C=C2\SC(=S)N(CCCCCC(=O)O)C2=O)ccc1OCc1ccc(Cl)cc1. The van der Waals surface area contributed by atoms with Crippen molar-refractivity contribution in [3.63, 3.8) is 0 Å². The minimum absolute atomic E-state index is 0.130. The quantitative estimate of drug-likeness (QED) is 0.204. The molecule has 2 aromatic carbocycles. The lowest BCUT2D eigenvalue weighted by Gasteiger charge is -2.14. The molecule has 1 N–H and O–H groups in total. The van der Waals surface area contributed by atoms with Gasteiger partial charge >= 0.3 is 5.97 Å². The van der Waals surface area contributed by atoms with E-state index in [4.69, 9.17) is 38.4 Å². The van der Waals surface area contributed by atoms with E-state index in [2.05, 4.69) is 0 Å². The lowest BCUT2D eigenvalue weighted by Crippen LogP contribution is -2.29. The van der Waals surface area contributed by atoms with Crippen molar-refractivity contribution in [3.8, 4) is 11.5 Å². The molecule has 180 valence electrons. The van der Waals surface area contributed by atoms with E-state index in [1.165, 1.54) is 11.8 Å². The van der Waals surface area contributed by atoms with Crippen LogP contribution in [0.4, 0.5) is 0 Å². The van der Waals surface area contributed by atoms with E-state index in [1.54, 1.807) is 11.0 Å². The van der Waals surface area contributed by atoms with Crippen molar-refractivity contribution in [2.24, 2.45) is 0 Å². The second-order valence-corrected chi connectivity index (χ2v) is 9.70. The van der Waals surface area contributed by atoms with Crippen molar-refractivity contribution in [1.29, 1.82) is 0 Å². The van der Waals surface area contributed by atoms with Crippen LogP contribution in [0.2, 0.25) is 5.02 Å². The van der Waals surface area contributed by atoms with Crippen LogP contribution in [0.3, 0.4) is 0 Å². The number of halogens is 1. The smallest absolute Gasteiger partial charge is 0.303 e. The number of ether oxygens (including phenoxy) is 2. The Bertz CT molecular complexity index is 1070. The van der Waals surface area contributed by atoms with Gasteiger partial charge in [-0.25, -0.2) is 0 Å². The number of amides is 1. The van der Waals surface area contributed by atoms with Gasteiger partial charge in [0.25, 0.3) is 5.91 Å². The number of unbranched alkanes of at least 4 members (excludes halogenated alkanes) is 2. The van der Waals surface area contributed by atoms with Crippen molar-refractivity contribution >= 4 is 57.9 Å². The number of thiocarbonyl (C=S) groups is 1. The molecule has 0 aliphatic carbocycles. The minimum atomic E-state index is -0.804. The van der Waals surface area contributed by atoms with Crippen LogP contribution >= 0.6 is 35.6 Å². The summed E-state index contributed by atoms with van der Waals surface area (Å²) in [5, 5.41) is 9.40. The fraction of sp³-hybridized carbons (Fsp3) is 0.320. The maximum atomic E-state index is 12.8. The van der Waals surface area contributed by atoms with E-state index >= 15 is 0 Å². The lowest BCUT2D eigenvalue weighted by molar-refractivity contribution is -0.137. The van der Waals surface area contributed by atoms with Gasteiger partial charge in [-0.15, -0.1) is 0 Å². The van der Waals surface area contributed by atoms with E-state index < -0.39 is 5.97 Å². The highest BCUT2D eigenvalue weighted by molar-refractivity contribution is 8.26. The van der Waals surface area contributed by atoms with Crippen molar-refractivity contribution < 1.29 is 24.2 Å². The molecule has 9 heteroatoms. The first-order chi connectivity index (χ1) is 16.4. The first-order valence-electron chi connectivity index (χ1n) is 11.0. The molecule has 6 nitrogen and oxygen atoms in total. The Morgan fingerprint density at radius 3 is 2.59 bits per heavy atom. The molecule has 1 amide bonds. The summed E-state index contributed by atoms with van der Waals surface area (Å²) < 4.78 is 12.2. The Morgan fingerprint density at radius 2 is 1.88 bits per heavy atom. The summed E-state index contributed by atoms with van der Waals surface area (Å²) >= 11 is 12.6. The van der Waals surface area contributed by atoms with Crippen molar-refractivity contribution in [2.75, 3.05) is 13.2 Å². The maximum Gasteiger partial charge on any atom is 0.303 e. The highest BCUT2D eigenvalue weighted by atomic mass is 35.5. The Morgan fingerprint density at radius 1 is 1.12 bits per heavy atom. The highest BCUT2D eigenvalue weighted by Crippen LogP contribution is 2.35. The van der Waals surface area contributed by atoms with E-state index in [9.17, 15) is 9.59 Å². The lowest BCUT2D eigenvalue weighted by atomic mass is 10.1. The van der Waals surface area contributed by atoms with Crippen LogP contribution in [-0.2, 0) is 16.2 Å². The zero-order chi connectivity index (χ0) is 24.5. The van der Waals surface area contributed by atoms with Crippen molar-refractivity contribution in [2.45, 2.75) is 39.2 Å². The third kappa shape index (κ3) is 7.48. The zero-order valence-corrected chi connectivity index (χ0v) is 21.2. The number of thioether (sulfide) groups is 1. The number of carboxylic acid groups (broad SMARTS) is 1. The van der Waals surface area contributed by atoms with Crippen LogP contribution in [0, 0.1) is 0 Å². The van der Waals surface area contributed by atoms with Gasteiger partial charge < -0.3 is 14.6 Å². The molecule has 1 aliphatic heterocycles. The molecule has 0 spiro atoms. The Balaban J connectivity index is 1.65. The fourth-order valence-electron chi connectivity index (χ4n) is 3.31. The maximum absolute atomic E-state index is 12.8. The molecule has 1 saturated heterocycles. The summed E-state index contributed by atoms with van der Waals surface area (Å²) in [7, 11) is 0. The molecule has 3 rings (SSSR count). The molecule has 0 atom stereocenters. The fourth-order valence-corrected chi connectivity index (χ4v) is 4.75. The number of nitrogens with zero attached hydrogens (tertiary/aromatic N) is 1. The number of hydrogen-bond acceptors (Lipinski definition) is 6. The summed E-state index contributed by atoms with van der Waals surface area (Å²) in [4.78, 5) is 25.6. The van der Waals surface area contributed by atoms with Gasteiger partial charge in [0.2, 0.25) is 0 Å². The second-order valence-electron chi connectivity index (χ2n) is 7.59. The first-order valence-corrected chi connectivity index (χ1v) is 12.6. The summed E-state index contributed by atoms with van der Waals surface area (Å²) in [5.41, 5.74) is 1.80. The molecule has 0 aromatic heterocycles. The van der Waals surface area contributed by atoms with Gasteiger partial charge in [-0.3, -0.25) is 14.5 Å². The minimum Gasteiger partial charge on any atom is -0.490 e. The molecular formula is C25H26ClNO5S2. The predicted molar refractivity (Wildman–Crippen MR) is 139 cm³/mol. The molecule has 0 bridgehead atoms. The third-order valence-electron chi connectivity index (χ3n) is 5.02. The Labute approximate surface area is 213 Å². The number of carbonyl (C=O) groups is 2. The largest absolute Gasteiger partial charge is 0.490 e. The zero-order valence-electron chi connectivity index (χ0n) is 18.8. The first kappa shape index (κ1) is 26.1. The van der Waals surface area contributed by atoms with E-state index in [0.29, 0.717) is 58.3 Å². The van der Waals surface area contributed by atoms with Crippen molar-refractivity contribution in [3.05, 3.63) is 63.5 Å². The summed E-state index contributed by atoms with van der Waals surface area (Å²) in [6.45, 7) is 3.24. The number of carbonyl (C=O) groups excluding carboxylic acids is 1. The molecule has 1 heterocycles. The van der Waals surface area contributed by atoms with Crippen LogP contribution in [0.1, 0.15) is 43.7 Å². The van der Waals surface area contributed by atoms with E-state index in [0.717, 1.165) is 17.5 Å². The van der Waals surface area contributed by atoms with Crippen LogP contribution < -0.4 is 9.47 Å². The third-order valence-corrected chi connectivity index (χ3v) is 6.65. The molecular weight excluding hydrogens is 494 g/mol. The average Bonchev–Trinajstić information content (AvgIpc) is 3.06. The second kappa shape index (κ2) is 12.8. The predicted octanol–water partition coefficient (Wildman–Crippen LogP) is 6.16. The van der Waals surface area contributed by atoms with E-state index in [-0.39, 0.29) is 12.3 Å². The van der Waals surface area contributed by atoms with Gasteiger partial charge in [-0.1, -0.05) is 60.2 Å². The molecule has 2 aromatic rings.